The van der Waals surface area contributed by atoms with Crippen molar-refractivity contribution in [1.82, 2.24) is 0 Å². The highest BCUT2D eigenvalue weighted by molar-refractivity contribution is 9.10. The van der Waals surface area contributed by atoms with Gasteiger partial charge in [-0.1, -0.05) is 31.9 Å². The first-order valence-corrected chi connectivity index (χ1v) is 7.80. The molecule has 0 fully saturated rings. The zero-order valence-corrected chi connectivity index (χ0v) is 14.8. The van der Waals surface area contributed by atoms with Gasteiger partial charge < -0.3 is 16.0 Å². The lowest BCUT2D eigenvalue weighted by Crippen LogP contribution is -2.17. The lowest BCUT2D eigenvalue weighted by Gasteiger charge is -2.18. The highest BCUT2D eigenvalue weighted by Crippen LogP contribution is 2.29. The third-order valence-electron chi connectivity index (χ3n) is 2.95. The summed E-state index contributed by atoms with van der Waals surface area (Å²) in [6.45, 7) is 0. The molecule has 2 aromatic carbocycles. The summed E-state index contributed by atoms with van der Waals surface area (Å²) in [5.74, 6) is -0.235. The van der Waals surface area contributed by atoms with E-state index in [2.05, 4.69) is 37.2 Å². The summed E-state index contributed by atoms with van der Waals surface area (Å²) in [4.78, 5) is 14.3. The number of halogens is 2. The van der Waals surface area contributed by atoms with Crippen LogP contribution in [0.4, 0.5) is 17.1 Å². The van der Waals surface area contributed by atoms with Gasteiger partial charge in [0.05, 0.1) is 16.9 Å². The lowest BCUT2D eigenvalue weighted by molar-refractivity contribution is 0.102. The molecule has 0 saturated carbocycles. The van der Waals surface area contributed by atoms with Crippen molar-refractivity contribution in [2.75, 3.05) is 30.0 Å². The maximum Gasteiger partial charge on any atom is 0.257 e. The molecule has 2 aromatic rings. The lowest BCUT2D eigenvalue weighted by atomic mass is 10.1. The second kappa shape index (κ2) is 6.49. The van der Waals surface area contributed by atoms with Crippen LogP contribution >= 0.6 is 31.9 Å². The number of carbonyl (C=O) groups is 1. The molecule has 0 unspecified atom stereocenters. The Labute approximate surface area is 140 Å². The fourth-order valence-electron chi connectivity index (χ4n) is 1.93. The Morgan fingerprint density at radius 1 is 1.10 bits per heavy atom. The first-order chi connectivity index (χ1) is 9.88. The summed E-state index contributed by atoms with van der Waals surface area (Å²) >= 11 is 6.74. The van der Waals surface area contributed by atoms with Gasteiger partial charge >= 0.3 is 0 Å². The number of benzene rings is 2. The predicted molar refractivity (Wildman–Crippen MR) is 95.0 cm³/mol. The quantitative estimate of drug-likeness (QED) is 0.745. The van der Waals surface area contributed by atoms with E-state index in [1.807, 2.05) is 37.2 Å². The molecule has 0 aliphatic carbocycles. The Balaban J connectivity index is 2.33. The molecule has 0 aliphatic rings. The van der Waals surface area contributed by atoms with Crippen LogP contribution in [0, 0.1) is 0 Å². The molecule has 0 aromatic heterocycles. The SMILES string of the molecule is CN(C)c1ccc(Br)cc1NC(=O)c1ccc(Br)cc1N. The largest absolute Gasteiger partial charge is 0.398 e. The van der Waals surface area contributed by atoms with Crippen LogP contribution in [-0.4, -0.2) is 20.0 Å². The second-order valence-corrected chi connectivity index (χ2v) is 6.57. The van der Waals surface area contributed by atoms with Gasteiger partial charge in [-0.3, -0.25) is 4.79 Å². The van der Waals surface area contributed by atoms with Gasteiger partial charge in [-0.2, -0.15) is 0 Å². The van der Waals surface area contributed by atoms with E-state index in [1.54, 1.807) is 18.2 Å². The summed E-state index contributed by atoms with van der Waals surface area (Å²) in [6.07, 6.45) is 0. The standard InChI is InChI=1S/C15H15Br2N3O/c1-20(2)14-6-4-10(17)8-13(14)19-15(21)11-5-3-9(16)7-12(11)18/h3-8H,18H2,1-2H3,(H,19,21). The van der Waals surface area contributed by atoms with Crippen molar-refractivity contribution >= 4 is 54.8 Å². The topological polar surface area (TPSA) is 58.4 Å². The van der Waals surface area contributed by atoms with Crippen LogP contribution in [0.15, 0.2) is 45.3 Å². The fraction of sp³-hybridized carbons (Fsp3) is 0.133. The van der Waals surface area contributed by atoms with E-state index in [0.717, 1.165) is 20.3 Å². The Morgan fingerprint density at radius 2 is 1.71 bits per heavy atom. The number of nitrogen functional groups attached to an aromatic ring is 1. The van der Waals surface area contributed by atoms with Crippen LogP contribution in [0.25, 0.3) is 0 Å². The normalized spacial score (nSPS) is 10.3. The minimum absolute atomic E-state index is 0.235. The molecule has 21 heavy (non-hydrogen) atoms. The number of hydrogen-bond donors (Lipinski definition) is 2. The number of anilines is 3. The Bertz CT molecular complexity index is 687. The third-order valence-corrected chi connectivity index (χ3v) is 3.93. The predicted octanol–water partition coefficient (Wildman–Crippen LogP) is 4.11. The van der Waals surface area contributed by atoms with E-state index in [9.17, 15) is 4.79 Å². The van der Waals surface area contributed by atoms with Gasteiger partial charge in [0.2, 0.25) is 0 Å². The summed E-state index contributed by atoms with van der Waals surface area (Å²) in [6, 6.07) is 10.9. The van der Waals surface area contributed by atoms with E-state index in [4.69, 9.17) is 5.73 Å². The van der Waals surface area contributed by atoms with Gasteiger partial charge in [0.25, 0.3) is 5.91 Å². The van der Waals surface area contributed by atoms with E-state index in [0.29, 0.717) is 11.3 Å². The van der Waals surface area contributed by atoms with E-state index < -0.39 is 0 Å². The van der Waals surface area contributed by atoms with Crippen molar-refractivity contribution in [2.45, 2.75) is 0 Å². The number of hydrogen-bond acceptors (Lipinski definition) is 3. The smallest absolute Gasteiger partial charge is 0.257 e. The van der Waals surface area contributed by atoms with Crippen LogP contribution < -0.4 is 16.0 Å². The molecule has 0 saturated heterocycles. The average molecular weight is 413 g/mol. The van der Waals surface area contributed by atoms with Gasteiger partial charge in [-0.25, -0.2) is 0 Å². The molecule has 2 rings (SSSR count). The Morgan fingerprint density at radius 3 is 2.33 bits per heavy atom. The van der Waals surface area contributed by atoms with Crippen molar-refractivity contribution in [3.63, 3.8) is 0 Å². The maximum atomic E-state index is 12.4. The van der Waals surface area contributed by atoms with Crippen LogP contribution in [0.2, 0.25) is 0 Å². The van der Waals surface area contributed by atoms with E-state index in [-0.39, 0.29) is 5.91 Å². The summed E-state index contributed by atoms with van der Waals surface area (Å²) < 4.78 is 1.74. The number of nitrogens with two attached hydrogens (primary N) is 1. The Kier molecular flexibility index (Phi) is 4.90. The van der Waals surface area contributed by atoms with Crippen molar-refractivity contribution in [2.24, 2.45) is 0 Å². The van der Waals surface area contributed by atoms with Gasteiger partial charge in [0.15, 0.2) is 0 Å². The van der Waals surface area contributed by atoms with E-state index >= 15 is 0 Å². The van der Waals surface area contributed by atoms with Crippen LogP contribution in [0.3, 0.4) is 0 Å². The summed E-state index contributed by atoms with van der Waals surface area (Å²) in [5, 5.41) is 2.90. The summed E-state index contributed by atoms with van der Waals surface area (Å²) in [5.41, 5.74) is 8.42. The molecule has 6 heteroatoms. The highest BCUT2D eigenvalue weighted by Gasteiger charge is 2.13. The zero-order chi connectivity index (χ0) is 15.6. The molecule has 110 valence electrons. The number of amides is 1. The van der Waals surface area contributed by atoms with Crippen LogP contribution in [-0.2, 0) is 0 Å². The maximum absolute atomic E-state index is 12.4. The molecular formula is C15H15Br2N3O. The fourth-order valence-corrected chi connectivity index (χ4v) is 2.67. The van der Waals surface area contributed by atoms with Crippen molar-refractivity contribution < 1.29 is 4.79 Å². The molecule has 0 heterocycles. The number of carbonyl (C=O) groups excluding carboxylic acids is 1. The van der Waals surface area contributed by atoms with Crippen molar-refractivity contribution in [3.05, 3.63) is 50.9 Å². The van der Waals surface area contributed by atoms with E-state index in [1.165, 1.54) is 0 Å². The van der Waals surface area contributed by atoms with Gasteiger partial charge in [-0.15, -0.1) is 0 Å². The molecular weight excluding hydrogens is 398 g/mol. The second-order valence-electron chi connectivity index (χ2n) is 4.74. The molecule has 0 bridgehead atoms. The average Bonchev–Trinajstić information content (AvgIpc) is 2.37. The molecule has 1 amide bonds. The van der Waals surface area contributed by atoms with Gasteiger partial charge in [-0.05, 0) is 36.4 Å². The number of nitrogens with zero attached hydrogens (tertiary/aromatic N) is 1. The molecule has 0 radical (unpaired) electrons. The third kappa shape index (κ3) is 3.77. The van der Waals surface area contributed by atoms with Crippen LogP contribution in [0.5, 0.6) is 0 Å². The zero-order valence-electron chi connectivity index (χ0n) is 11.7. The highest BCUT2D eigenvalue weighted by atomic mass is 79.9. The van der Waals surface area contributed by atoms with Crippen molar-refractivity contribution in [3.8, 4) is 0 Å². The molecule has 0 spiro atoms. The van der Waals surface area contributed by atoms with Crippen molar-refractivity contribution in [1.29, 1.82) is 0 Å². The minimum Gasteiger partial charge on any atom is -0.398 e. The molecule has 0 atom stereocenters. The minimum atomic E-state index is -0.235. The summed E-state index contributed by atoms with van der Waals surface area (Å²) in [7, 11) is 3.85. The van der Waals surface area contributed by atoms with Gasteiger partial charge in [0.1, 0.15) is 0 Å². The van der Waals surface area contributed by atoms with Crippen LogP contribution in [0.1, 0.15) is 10.4 Å². The van der Waals surface area contributed by atoms with Gasteiger partial charge in [0, 0.05) is 28.7 Å². The monoisotopic (exact) mass is 411 g/mol. The molecule has 0 aliphatic heterocycles. The molecule has 4 nitrogen and oxygen atoms in total. The number of rotatable bonds is 3. The first kappa shape index (κ1) is 15.9. The number of nitrogens with one attached hydrogen (secondary N) is 1. The first-order valence-electron chi connectivity index (χ1n) is 6.21. The molecule has 3 N–H and O–H groups in total. The Hall–Kier alpha value is -1.53.